The zero-order valence-corrected chi connectivity index (χ0v) is 43.4. The van der Waals surface area contributed by atoms with E-state index in [4.69, 9.17) is 27.9 Å². The van der Waals surface area contributed by atoms with Crippen LogP contribution in [-0.2, 0) is 57.0 Å². The first-order chi connectivity index (χ1) is 34.5. The van der Waals surface area contributed by atoms with Crippen molar-refractivity contribution in [2.45, 2.75) is 102 Å². The van der Waals surface area contributed by atoms with E-state index >= 15 is 4.79 Å². The molecule has 3 N–H and O–H groups in total. The van der Waals surface area contributed by atoms with Gasteiger partial charge in [-0.1, -0.05) is 84.6 Å². The predicted molar refractivity (Wildman–Crippen MR) is 278 cm³/mol. The summed E-state index contributed by atoms with van der Waals surface area (Å²) in [6.07, 6.45) is 4.93. The summed E-state index contributed by atoms with van der Waals surface area (Å²) in [5, 5.41) is 17.6. The van der Waals surface area contributed by atoms with Crippen molar-refractivity contribution < 1.29 is 33.8 Å². The lowest BCUT2D eigenvalue weighted by Crippen LogP contribution is -2.58. The second-order valence-corrected chi connectivity index (χ2v) is 20.3. The Bertz CT molecular complexity index is 2680. The number of benzene rings is 4. The molecule has 0 spiro atoms. The van der Waals surface area contributed by atoms with Gasteiger partial charge in [0.2, 0.25) is 29.5 Å². The maximum absolute atomic E-state index is 15.2. The average Bonchev–Trinajstić information content (AvgIpc) is 3.72. The van der Waals surface area contributed by atoms with E-state index in [0.29, 0.717) is 46.5 Å². The number of aliphatic hydroxyl groups is 1. The van der Waals surface area contributed by atoms with Crippen LogP contribution in [0.5, 0.6) is 11.5 Å². The number of halogens is 2. The van der Waals surface area contributed by atoms with Gasteiger partial charge in [0, 0.05) is 67.2 Å². The van der Waals surface area contributed by atoms with Gasteiger partial charge in [0.05, 0.1) is 43.5 Å². The Morgan fingerprint density at radius 2 is 1.46 bits per heavy atom. The molecule has 0 unspecified atom stereocenters. The molecule has 2 aliphatic rings. The fraction of sp³-hybridized carbons (Fsp3) is 0.418. The number of hydrogen-bond donors (Lipinski definition) is 3. The van der Waals surface area contributed by atoms with Crippen LogP contribution < -0.4 is 15.4 Å². The number of aromatic nitrogens is 2. The monoisotopic (exact) mass is 1020 g/mol. The number of amides is 5. The van der Waals surface area contributed by atoms with Gasteiger partial charge in [-0.05, 0) is 106 Å². The third-order valence-electron chi connectivity index (χ3n) is 14.0. The SMILES string of the molecule is C[C@@H]1C(=O)N[C@@H](CO)C(=O)N(C)[C@@H](Cc2ccc(Cl)cc2)CC(=O)N[C@H]2CCCC[C@@H]2N(C)C(=O)[C@H](Cc2ccccc2)CC(=O)N1Cc1ccc(Cl)cc1Oc1ccc(-c2cnc(CN(C)C)n2C)cc1. The Balaban J connectivity index is 1.24. The van der Waals surface area contributed by atoms with Gasteiger partial charge >= 0.3 is 0 Å². The molecule has 0 bridgehead atoms. The van der Waals surface area contributed by atoms with Gasteiger partial charge in [-0.2, -0.15) is 0 Å². The number of rotatable bonds is 12. The van der Waals surface area contributed by atoms with Gasteiger partial charge in [-0.25, -0.2) is 4.98 Å². The van der Waals surface area contributed by atoms with Crippen LogP contribution in [0, 0.1) is 5.92 Å². The molecule has 1 saturated carbocycles. The first-order valence-electron chi connectivity index (χ1n) is 24.5. The molecule has 1 aliphatic carbocycles. The van der Waals surface area contributed by atoms with E-state index in [-0.39, 0.29) is 56.1 Å². The van der Waals surface area contributed by atoms with Gasteiger partial charge < -0.3 is 44.6 Å². The van der Waals surface area contributed by atoms with Crippen LogP contribution >= 0.6 is 23.2 Å². The summed E-state index contributed by atoms with van der Waals surface area (Å²) in [5.41, 5.74) is 4.04. The smallest absolute Gasteiger partial charge is 0.247 e. The number of nitrogens with zero attached hydrogens (tertiary/aromatic N) is 6. The Morgan fingerprint density at radius 3 is 2.15 bits per heavy atom. The molecule has 2 fully saturated rings. The number of imidazole rings is 1. The highest BCUT2D eigenvalue weighted by molar-refractivity contribution is 6.31. The summed E-state index contributed by atoms with van der Waals surface area (Å²) in [5.74, 6) is -1.53. The minimum atomic E-state index is -1.43. The van der Waals surface area contributed by atoms with Crippen molar-refractivity contribution in [2.75, 3.05) is 34.8 Å². The zero-order chi connectivity index (χ0) is 51.6. The van der Waals surface area contributed by atoms with Crippen LogP contribution in [0.4, 0.5) is 0 Å². The van der Waals surface area contributed by atoms with Crippen molar-refractivity contribution in [1.29, 1.82) is 0 Å². The van der Waals surface area contributed by atoms with Gasteiger partial charge in [0.15, 0.2) is 0 Å². The zero-order valence-electron chi connectivity index (χ0n) is 41.9. The second-order valence-electron chi connectivity index (χ2n) is 19.4. The Labute approximate surface area is 432 Å². The quantitative estimate of drug-likeness (QED) is 0.119. The minimum Gasteiger partial charge on any atom is -0.457 e. The van der Waals surface area contributed by atoms with Crippen LogP contribution in [0.2, 0.25) is 10.0 Å². The molecular formula is C55H66Cl2N8O7. The van der Waals surface area contributed by atoms with Crippen LogP contribution in [0.25, 0.3) is 11.3 Å². The van der Waals surface area contributed by atoms with E-state index in [1.54, 1.807) is 56.3 Å². The van der Waals surface area contributed by atoms with Crippen LogP contribution in [0.1, 0.15) is 68.0 Å². The standard InChI is InChI=1S/C55H66Cl2N8O7/c1-35-53(69)60-46(34-66)55(71)62(4)43(27-37-16-21-41(56)22-17-37)30-51(67)59-45-14-10-11-15-47(45)64(6)54(70)40(26-36-12-8-7-9-13-36)28-52(68)65(35)32-39-18-23-42(57)29-49(39)72-44-24-19-38(20-25-44)48-31-58-50(63(48)5)33-61(2)3/h7-9,12-13,16-25,29,31,35,40,43,45-47,66H,10-11,14-15,26-28,30,32-34H2,1-6H3,(H,59,67)(H,60,69)/t35-,40-,43+,45+,46+,47+/m1/s1. The van der Waals surface area contributed by atoms with E-state index in [2.05, 4.69) is 20.5 Å². The summed E-state index contributed by atoms with van der Waals surface area (Å²) in [4.78, 5) is 84.3. The maximum atomic E-state index is 15.2. The minimum absolute atomic E-state index is 0.0922. The van der Waals surface area contributed by atoms with Crippen molar-refractivity contribution >= 4 is 52.7 Å². The van der Waals surface area contributed by atoms with Crippen molar-refractivity contribution in [2.24, 2.45) is 13.0 Å². The van der Waals surface area contributed by atoms with Crippen LogP contribution in [-0.4, -0.2) is 129 Å². The second kappa shape index (κ2) is 24.4. The number of nitrogens with one attached hydrogen (secondary N) is 2. The van der Waals surface area contributed by atoms with Crippen LogP contribution in [0.15, 0.2) is 103 Å². The topological polar surface area (TPSA) is 170 Å². The lowest BCUT2D eigenvalue weighted by molar-refractivity contribution is -0.147. The fourth-order valence-electron chi connectivity index (χ4n) is 9.78. The summed E-state index contributed by atoms with van der Waals surface area (Å²) >= 11 is 12.8. The molecule has 2 heterocycles. The highest BCUT2D eigenvalue weighted by atomic mass is 35.5. The van der Waals surface area contributed by atoms with Gasteiger partial charge in [-0.3, -0.25) is 24.0 Å². The molecule has 4 aromatic carbocycles. The summed E-state index contributed by atoms with van der Waals surface area (Å²) in [6, 6.07) is 25.0. The van der Waals surface area contributed by atoms with E-state index in [0.717, 1.165) is 41.1 Å². The van der Waals surface area contributed by atoms with E-state index in [1.165, 1.54) is 9.80 Å². The summed E-state index contributed by atoms with van der Waals surface area (Å²) in [7, 11) is 9.24. The molecule has 6 atom stereocenters. The van der Waals surface area contributed by atoms with E-state index in [9.17, 15) is 24.3 Å². The number of ether oxygens (including phenoxy) is 1. The maximum Gasteiger partial charge on any atom is 0.247 e. The first-order valence-corrected chi connectivity index (χ1v) is 25.3. The molecule has 0 radical (unpaired) electrons. The lowest BCUT2D eigenvalue weighted by Gasteiger charge is -2.40. The Hall–Kier alpha value is -6.26. The molecule has 7 rings (SSSR count). The van der Waals surface area contributed by atoms with E-state index < -0.39 is 48.4 Å². The molecule has 1 aliphatic heterocycles. The highest BCUT2D eigenvalue weighted by Crippen LogP contribution is 2.33. The molecule has 1 aromatic heterocycles. The van der Waals surface area contributed by atoms with E-state index in [1.807, 2.05) is 98.6 Å². The number of carbonyl (C=O) groups is 5. The predicted octanol–water partition coefficient (Wildman–Crippen LogP) is 7.05. The van der Waals surface area contributed by atoms with Crippen molar-refractivity contribution in [3.05, 3.63) is 136 Å². The first kappa shape index (κ1) is 53.5. The number of fused-ring (bicyclic) bond motifs is 1. The number of likely N-dealkylation sites (N-methyl/N-ethyl adjacent to an activating group) is 2. The van der Waals surface area contributed by atoms with Gasteiger partial charge in [0.1, 0.15) is 29.4 Å². The summed E-state index contributed by atoms with van der Waals surface area (Å²) in [6.45, 7) is 1.32. The Kier molecular flexibility index (Phi) is 18.2. The molecule has 1 saturated heterocycles. The van der Waals surface area contributed by atoms with Crippen molar-refractivity contribution in [3.8, 4) is 22.8 Å². The normalized spacial score (nSPS) is 22.0. The third-order valence-corrected chi connectivity index (χ3v) is 14.5. The number of aliphatic hydroxyl groups excluding tert-OH is 1. The van der Waals surface area contributed by atoms with Crippen LogP contribution in [0.3, 0.4) is 0 Å². The summed E-state index contributed by atoms with van der Waals surface area (Å²) < 4.78 is 8.54. The van der Waals surface area contributed by atoms with Gasteiger partial charge in [0.25, 0.3) is 0 Å². The fourth-order valence-corrected chi connectivity index (χ4v) is 10.1. The molecule has 17 heteroatoms. The van der Waals surface area contributed by atoms with Crippen molar-refractivity contribution in [3.63, 3.8) is 0 Å². The lowest BCUT2D eigenvalue weighted by atomic mass is 9.87. The molecule has 72 heavy (non-hydrogen) atoms. The number of hydrogen-bond acceptors (Lipinski definition) is 9. The third kappa shape index (κ3) is 13.4. The van der Waals surface area contributed by atoms with Gasteiger partial charge in [-0.15, -0.1) is 0 Å². The number of carbonyl (C=O) groups excluding carboxylic acids is 5. The molecule has 382 valence electrons. The van der Waals surface area contributed by atoms with Crippen molar-refractivity contribution in [1.82, 2.24) is 39.8 Å². The highest BCUT2D eigenvalue weighted by Gasteiger charge is 2.39. The largest absolute Gasteiger partial charge is 0.457 e. The molecule has 5 amide bonds. The molecule has 15 nitrogen and oxygen atoms in total. The average molecular weight is 1020 g/mol. The molecule has 5 aromatic rings. The molecular weight excluding hydrogens is 956 g/mol. The Morgan fingerprint density at radius 1 is 0.778 bits per heavy atom.